The summed E-state index contributed by atoms with van der Waals surface area (Å²) in [7, 11) is 0. The van der Waals surface area contributed by atoms with Gasteiger partial charge < -0.3 is 9.64 Å². The zero-order valence-corrected chi connectivity index (χ0v) is 14.8. The zero-order valence-electron chi connectivity index (χ0n) is 14.8. The predicted octanol–water partition coefficient (Wildman–Crippen LogP) is 2.05. The first kappa shape index (κ1) is 16.4. The van der Waals surface area contributed by atoms with Gasteiger partial charge in [-0.3, -0.25) is 9.88 Å². The van der Waals surface area contributed by atoms with E-state index in [-0.39, 0.29) is 5.60 Å². The van der Waals surface area contributed by atoms with Crippen molar-refractivity contribution >= 4 is 5.95 Å². The third kappa shape index (κ3) is 3.80. The van der Waals surface area contributed by atoms with Gasteiger partial charge in [0.05, 0.1) is 24.4 Å². The molecule has 0 amide bonds. The van der Waals surface area contributed by atoms with Gasteiger partial charge in [-0.25, -0.2) is 9.97 Å². The van der Waals surface area contributed by atoms with Crippen molar-refractivity contribution in [1.29, 1.82) is 0 Å². The first-order valence-corrected chi connectivity index (χ1v) is 9.02. The lowest BCUT2D eigenvalue weighted by Gasteiger charge is -2.48. The van der Waals surface area contributed by atoms with Crippen molar-refractivity contribution in [2.45, 2.75) is 31.9 Å². The molecular weight excluding hydrogens is 314 g/mol. The van der Waals surface area contributed by atoms with Gasteiger partial charge in [0.25, 0.3) is 0 Å². The summed E-state index contributed by atoms with van der Waals surface area (Å²) < 4.78 is 6.29. The first-order valence-electron chi connectivity index (χ1n) is 9.02. The highest BCUT2D eigenvalue weighted by Crippen LogP contribution is 2.30. The Morgan fingerprint density at radius 3 is 2.80 bits per heavy atom. The smallest absolute Gasteiger partial charge is 0.225 e. The van der Waals surface area contributed by atoms with Gasteiger partial charge in [0.15, 0.2) is 0 Å². The molecule has 6 nitrogen and oxygen atoms in total. The van der Waals surface area contributed by atoms with Crippen LogP contribution in [0, 0.1) is 6.92 Å². The van der Waals surface area contributed by atoms with Gasteiger partial charge in [-0.2, -0.15) is 0 Å². The van der Waals surface area contributed by atoms with Crippen molar-refractivity contribution in [3.63, 3.8) is 0 Å². The van der Waals surface area contributed by atoms with Crippen LogP contribution in [0.25, 0.3) is 0 Å². The van der Waals surface area contributed by atoms with Gasteiger partial charge >= 0.3 is 0 Å². The van der Waals surface area contributed by atoms with E-state index in [9.17, 15) is 0 Å². The fourth-order valence-electron chi connectivity index (χ4n) is 3.86. The summed E-state index contributed by atoms with van der Waals surface area (Å²) in [6, 6.07) is 6.11. The van der Waals surface area contributed by atoms with Crippen LogP contribution in [0.4, 0.5) is 5.95 Å². The number of hydrogen-bond donors (Lipinski definition) is 0. The summed E-state index contributed by atoms with van der Waals surface area (Å²) in [5.74, 6) is 0.815. The van der Waals surface area contributed by atoms with Crippen LogP contribution in [0.2, 0.25) is 0 Å². The molecule has 1 atom stereocenters. The molecule has 2 aromatic rings. The summed E-state index contributed by atoms with van der Waals surface area (Å²) >= 11 is 0. The fraction of sp³-hybridized carbons (Fsp3) is 0.526. The zero-order chi connectivity index (χ0) is 17.1. The molecule has 2 fully saturated rings. The molecule has 2 saturated heterocycles. The predicted molar refractivity (Wildman–Crippen MR) is 96.4 cm³/mol. The Labute approximate surface area is 148 Å². The minimum absolute atomic E-state index is 0.125. The van der Waals surface area contributed by atoms with Gasteiger partial charge in [0, 0.05) is 38.2 Å². The van der Waals surface area contributed by atoms with E-state index in [0.29, 0.717) is 0 Å². The van der Waals surface area contributed by atoms with Crippen LogP contribution in [-0.4, -0.2) is 58.2 Å². The molecule has 0 aromatic carbocycles. The second kappa shape index (κ2) is 7.06. The molecule has 1 spiro atoms. The number of morpholine rings is 1. The Bertz CT molecular complexity index is 689. The highest BCUT2D eigenvalue weighted by atomic mass is 16.5. The normalized spacial score (nSPS) is 24.6. The van der Waals surface area contributed by atoms with Gasteiger partial charge in [0.1, 0.15) is 0 Å². The summed E-state index contributed by atoms with van der Waals surface area (Å²) in [4.78, 5) is 18.2. The highest BCUT2D eigenvalue weighted by Gasteiger charge is 2.41. The van der Waals surface area contributed by atoms with E-state index in [1.807, 2.05) is 31.6 Å². The molecule has 0 radical (unpaired) electrons. The molecule has 4 rings (SSSR count). The first-order chi connectivity index (χ1) is 12.2. The van der Waals surface area contributed by atoms with E-state index in [4.69, 9.17) is 4.74 Å². The number of anilines is 1. The van der Waals surface area contributed by atoms with Crippen LogP contribution in [0.5, 0.6) is 0 Å². The van der Waals surface area contributed by atoms with Crippen LogP contribution < -0.4 is 4.90 Å². The molecular formula is C19H25N5O. The van der Waals surface area contributed by atoms with E-state index in [1.54, 1.807) is 0 Å². The van der Waals surface area contributed by atoms with Crippen molar-refractivity contribution in [2.24, 2.45) is 0 Å². The Morgan fingerprint density at radius 2 is 2.00 bits per heavy atom. The molecule has 0 bridgehead atoms. The molecule has 1 unspecified atom stereocenters. The van der Waals surface area contributed by atoms with Crippen molar-refractivity contribution in [3.05, 3.63) is 48.0 Å². The number of hydrogen-bond acceptors (Lipinski definition) is 6. The molecule has 0 saturated carbocycles. The molecule has 4 heterocycles. The maximum absolute atomic E-state index is 6.29. The quantitative estimate of drug-likeness (QED) is 0.853. The third-order valence-corrected chi connectivity index (χ3v) is 5.03. The van der Waals surface area contributed by atoms with Crippen molar-refractivity contribution in [2.75, 3.05) is 37.7 Å². The van der Waals surface area contributed by atoms with Crippen LogP contribution in [0.3, 0.4) is 0 Å². The molecule has 0 N–H and O–H groups in total. The van der Waals surface area contributed by atoms with Crippen LogP contribution in [-0.2, 0) is 11.3 Å². The molecule has 6 heteroatoms. The lowest BCUT2D eigenvalue weighted by molar-refractivity contribution is -0.0989. The number of likely N-dealkylation sites (tertiary alicyclic amines) is 1. The average Bonchev–Trinajstić information content (AvgIpc) is 2.63. The van der Waals surface area contributed by atoms with E-state index in [2.05, 4.69) is 36.9 Å². The molecule has 0 aliphatic carbocycles. The van der Waals surface area contributed by atoms with Crippen molar-refractivity contribution in [3.8, 4) is 0 Å². The second-order valence-corrected chi connectivity index (χ2v) is 7.15. The van der Waals surface area contributed by atoms with Crippen LogP contribution >= 0.6 is 0 Å². The molecule has 2 aliphatic rings. The number of aromatic nitrogens is 3. The second-order valence-electron chi connectivity index (χ2n) is 7.15. The molecule has 2 aromatic heterocycles. The maximum atomic E-state index is 6.29. The Hall–Kier alpha value is -2.05. The fourth-order valence-corrected chi connectivity index (χ4v) is 3.86. The third-order valence-electron chi connectivity index (χ3n) is 5.03. The summed E-state index contributed by atoms with van der Waals surface area (Å²) in [6.45, 7) is 7.37. The number of pyridine rings is 1. The number of ether oxygens (including phenoxy) is 1. The maximum Gasteiger partial charge on any atom is 0.225 e. The van der Waals surface area contributed by atoms with Gasteiger partial charge in [0.2, 0.25) is 5.95 Å². The average molecular weight is 339 g/mol. The Kier molecular flexibility index (Phi) is 4.63. The minimum atomic E-state index is -0.125. The van der Waals surface area contributed by atoms with Crippen molar-refractivity contribution in [1.82, 2.24) is 19.9 Å². The molecule has 2 aliphatic heterocycles. The largest absolute Gasteiger partial charge is 0.370 e. The van der Waals surface area contributed by atoms with E-state index < -0.39 is 0 Å². The van der Waals surface area contributed by atoms with E-state index in [0.717, 1.165) is 69.4 Å². The van der Waals surface area contributed by atoms with Crippen LogP contribution in [0.15, 0.2) is 36.8 Å². The van der Waals surface area contributed by atoms with Crippen LogP contribution in [0.1, 0.15) is 24.1 Å². The number of piperidine rings is 1. The lowest BCUT2D eigenvalue weighted by Crippen LogP contribution is -2.60. The summed E-state index contributed by atoms with van der Waals surface area (Å²) in [6.07, 6.45) is 7.88. The monoisotopic (exact) mass is 339 g/mol. The summed E-state index contributed by atoms with van der Waals surface area (Å²) in [5, 5.41) is 0. The number of rotatable bonds is 3. The van der Waals surface area contributed by atoms with Crippen molar-refractivity contribution < 1.29 is 4.74 Å². The molecule has 25 heavy (non-hydrogen) atoms. The van der Waals surface area contributed by atoms with E-state index >= 15 is 0 Å². The number of nitrogens with zero attached hydrogens (tertiary/aromatic N) is 5. The van der Waals surface area contributed by atoms with Gasteiger partial charge in [-0.05, 0) is 44.0 Å². The summed E-state index contributed by atoms with van der Waals surface area (Å²) in [5.41, 5.74) is 2.08. The SMILES string of the molecule is Cc1cnc(N2CCOC3(CCCN(Cc4ccccn4)C3)C2)nc1. The Morgan fingerprint density at radius 1 is 1.12 bits per heavy atom. The van der Waals surface area contributed by atoms with Gasteiger partial charge in [-0.1, -0.05) is 6.07 Å². The molecule has 132 valence electrons. The topological polar surface area (TPSA) is 54.4 Å². The van der Waals surface area contributed by atoms with E-state index in [1.165, 1.54) is 0 Å². The van der Waals surface area contributed by atoms with Gasteiger partial charge in [-0.15, -0.1) is 0 Å². The number of aryl methyl sites for hydroxylation is 1. The Balaban J connectivity index is 1.45. The lowest BCUT2D eigenvalue weighted by atomic mass is 9.90. The highest BCUT2D eigenvalue weighted by molar-refractivity contribution is 5.32. The minimum Gasteiger partial charge on any atom is -0.370 e. The standard InChI is InChI=1S/C19H25N5O/c1-16-11-21-18(22-12-16)24-9-10-25-19(15-24)6-4-8-23(14-19)13-17-5-2-3-7-20-17/h2-3,5,7,11-12H,4,6,8-10,13-15H2,1H3.